The molecule has 0 bridgehead atoms. The molecule has 168 valence electrons. The first-order valence-corrected chi connectivity index (χ1v) is 12.0. The Labute approximate surface area is 196 Å². The van der Waals surface area contributed by atoms with Crippen molar-refractivity contribution in [1.29, 1.82) is 0 Å². The van der Waals surface area contributed by atoms with Crippen LogP contribution in [-0.2, 0) is 16.1 Å². The van der Waals surface area contributed by atoms with Crippen molar-refractivity contribution in [3.8, 4) is 0 Å². The van der Waals surface area contributed by atoms with Crippen LogP contribution < -0.4 is 10.2 Å². The number of anilines is 2. The molecule has 0 aliphatic carbocycles. The maximum atomic E-state index is 14.2. The predicted octanol–water partition coefficient (Wildman–Crippen LogP) is 5.27. The molecule has 0 atom stereocenters. The molecule has 0 saturated carbocycles. The maximum absolute atomic E-state index is 14.2. The van der Waals surface area contributed by atoms with Crippen LogP contribution in [0.1, 0.15) is 29.7 Å². The molecule has 5 nitrogen and oxygen atoms in total. The Morgan fingerprint density at radius 1 is 0.879 bits per heavy atom. The minimum atomic E-state index is -0.452. The molecule has 0 unspecified atom stereocenters. The first-order chi connectivity index (χ1) is 16.1. The van der Waals surface area contributed by atoms with Crippen LogP contribution in [0.5, 0.6) is 0 Å². The number of thiophene rings is 1. The van der Waals surface area contributed by atoms with Gasteiger partial charge in [-0.15, -0.1) is 11.3 Å². The summed E-state index contributed by atoms with van der Waals surface area (Å²) in [4.78, 5) is 30.8. The number of nitrogens with one attached hydrogen (secondary N) is 1. The maximum Gasteiger partial charge on any atom is 0.278 e. The smallest absolute Gasteiger partial charge is 0.278 e. The van der Waals surface area contributed by atoms with Gasteiger partial charge in [0.2, 0.25) is 0 Å². The zero-order valence-electron chi connectivity index (χ0n) is 18.1. The molecule has 33 heavy (non-hydrogen) atoms. The summed E-state index contributed by atoms with van der Waals surface area (Å²) in [6.45, 7) is 2.00. The van der Waals surface area contributed by atoms with Gasteiger partial charge in [-0.25, -0.2) is 4.39 Å². The molecule has 2 amide bonds. The molecular formula is C26H24FN3O2S. The Balaban J connectivity index is 1.42. The van der Waals surface area contributed by atoms with Crippen molar-refractivity contribution in [2.75, 3.05) is 23.3 Å². The van der Waals surface area contributed by atoms with Crippen LogP contribution in [0.2, 0.25) is 0 Å². The van der Waals surface area contributed by atoms with E-state index in [0.717, 1.165) is 29.4 Å². The number of hydrogen-bond acceptors (Lipinski definition) is 5. The summed E-state index contributed by atoms with van der Waals surface area (Å²) >= 11 is 1.39. The topological polar surface area (TPSA) is 52.7 Å². The predicted molar refractivity (Wildman–Crippen MR) is 129 cm³/mol. The molecule has 2 aliphatic heterocycles. The third-order valence-electron chi connectivity index (χ3n) is 6.08. The molecule has 0 spiro atoms. The van der Waals surface area contributed by atoms with Crippen molar-refractivity contribution in [2.24, 2.45) is 0 Å². The summed E-state index contributed by atoms with van der Waals surface area (Å²) in [5.41, 5.74) is 2.74. The molecule has 1 fully saturated rings. The molecule has 3 aromatic rings. The Kier molecular flexibility index (Phi) is 5.96. The second-order valence-electron chi connectivity index (χ2n) is 8.23. The zero-order valence-corrected chi connectivity index (χ0v) is 18.9. The lowest BCUT2D eigenvalue weighted by Crippen LogP contribution is -2.32. The zero-order chi connectivity index (χ0) is 22.8. The average molecular weight is 462 g/mol. The van der Waals surface area contributed by atoms with Gasteiger partial charge < -0.3 is 10.2 Å². The highest BCUT2D eigenvalue weighted by atomic mass is 32.1. The lowest BCUT2D eigenvalue weighted by Gasteiger charge is -2.28. The van der Waals surface area contributed by atoms with E-state index in [1.807, 2.05) is 41.8 Å². The van der Waals surface area contributed by atoms with Gasteiger partial charge in [-0.2, -0.15) is 0 Å². The number of imide groups is 1. The number of rotatable bonds is 6. The van der Waals surface area contributed by atoms with Crippen LogP contribution in [0.15, 0.2) is 71.7 Å². The lowest BCUT2D eigenvalue weighted by molar-refractivity contribution is -0.137. The van der Waals surface area contributed by atoms with Crippen LogP contribution in [0.3, 0.4) is 0 Å². The first-order valence-electron chi connectivity index (χ1n) is 11.1. The monoisotopic (exact) mass is 461 g/mol. The fourth-order valence-corrected chi connectivity index (χ4v) is 5.10. The molecule has 0 radical (unpaired) electrons. The fourth-order valence-electron chi connectivity index (χ4n) is 4.33. The number of hydrogen-bond donors (Lipinski definition) is 1. The van der Waals surface area contributed by atoms with Crippen molar-refractivity contribution >= 4 is 40.1 Å². The average Bonchev–Trinajstić information content (AvgIpc) is 3.45. The highest BCUT2D eigenvalue weighted by Crippen LogP contribution is 2.34. The third-order valence-corrected chi connectivity index (χ3v) is 6.97. The minimum absolute atomic E-state index is 0.113. The van der Waals surface area contributed by atoms with E-state index in [-0.39, 0.29) is 12.2 Å². The largest absolute Gasteiger partial charge is 0.372 e. The summed E-state index contributed by atoms with van der Waals surface area (Å²) in [5.74, 6) is -1.31. The van der Waals surface area contributed by atoms with Gasteiger partial charge in [0.25, 0.3) is 11.8 Å². The van der Waals surface area contributed by atoms with Crippen molar-refractivity contribution in [1.82, 2.24) is 4.90 Å². The molecule has 5 rings (SSSR count). The van der Waals surface area contributed by atoms with Gasteiger partial charge >= 0.3 is 0 Å². The first kappa shape index (κ1) is 21.4. The van der Waals surface area contributed by atoms with Gasteiger partial charge in [-0.05, 0) is 61.0 Å². The number of nitrogens with zero attached hydrogens (tertiary/aromatic N) is 2. The minimum Gasteiger partial charge on any atom is -0.372 e. The van der Waals surface area contributed by atoms with Crippen molar-refractivity contribution in [2.45, 2.75) is 25.8 Å². The summed E-state index contributed by atoms with van der Waals surface area (Å²) < 4.78 is 14.2. The molecule has 2 aliphatic rings. The van der Waals surface area contributed by atoms with Gasteiger partial charge in [0.05, 0.1) is 12.1 Å². The summed E-state index contributed by atoms with van der Waals surface area (Å²) in [6, 6.07) is 17.8. The van der Waals surface area contributed by atoms with E-state index in [2.05, 4.69) is 10.2 Å². The van der Waals surface area contributed by atoms with E-state index in [9.17, 15) is 14.0 Å². The van der Waals surface area contributed by atoms with E-state index in [1.54, 1.807) is 18.2 Å². The SMILES string of the molecule is O=C1C(Nc2ccc(N3CCCCC3)cc2)=C(c2cccs2)C(=O)N1Cc1ccccc1F. The molecular weight excluding hydrogens is 437 g/mol. The van der Waals surface area contributed by atoms with Crippen molar-refractivity contribution in [3.05, 3.63) is 88.0 Å². The summed E-state index contributed by atoms with van der Waals surface area (Å²) in [5, 5.41) is 5.05. The molecule has 1 saturated heterocycles. The van der Waals surface area contributed by atoms with E-state index in [0.29, 0.717) is 16.0 Å². The highest BCUT2D eigenvalue weighted by Gasteiger charge is 2.40. The Morgan fingerprint density at radius 2 is 1.64 bits per heavy atom. The van der Waals surface area contributed by atoms with Gasteiger partial charge in [0.1, 0.15) is 11.5 Å². The Bertz CT molecular complexity index is 1200. The molecule has 1 N–H and O–H groups in total. The van der Waals surface area contributed by atoms with Gasteiger partial charge in [0, 0.05) is 34.9 Å². The highest BCUT2D eigenvalue weighted by molar-refractivity contribution is 7.11. The van der Waals surface area contributed by atoms with Crippen LogP contribution in [0, 0.1) is 5.82 Å². The van der Waals surface area contributed by atoms with Crippen LogP contribution in [0.25, 0.3) is 5.57 Å². The Hall–Kier alpha value is -3.45. The second-order valence-corrected chi connectivity index (χ2v) is 9.18. The number of benzene rings is 2. The quantitative estimate of drug-likeness (QED) is 0.508. The molecule has 7 heteroatoms. The number of carbonyl (C=O) groups is 2. The summed E-state index contributed by atoms with van der Waals surface area (Å²) in [6.07, 6.45) is 3.67. The van der Waals surface area contributed by atoms with E-state index >= 15 is 0 Å². The van der Waals surface area contributed by atoms with Gasteiger partial charge in [-0.1, -0.05) is 24.3 Å². The van der Waals surface area contributed by atoms with Crippen molar-refractivity contribution in [3.63, 3.8) is 0 Å². The standard InChI is InChI=1S/C26H24FN3O2S/c27-21-8-3-2-7-18(21)17-30-25(31)23(22-9-6-16-33-22)24(26(30)32)28-19-10-12-20(13-11-19)29-14-4-1-5-15-29/h2-3,6-13,16,28H,1,4-5,14-15,17H2. The second kappa shape index (κ2) is 9.19. The van der Waals surface area contributed by atoms with Crippen LogP contribution in [-0.4, -0.2) is 29.8 Å². The van der Waals surface area contributed by atoms with E-state index in [4.69, 9.17) is 0 Å². The number of amides is 2. The van der Waals surface area contributed by atoms with Crippen LogP contribution in [0.4, 0.5) is 15.8 Å². The lowest BCUT2D eigenvalue weighted by atomic mass is 10.1. The van der Waals surface area contributed by atoms with Gasteiger partial charge in [-0.3, -0.25) is 14.5 Å². The Morgan fingerprint density at radius 3 is 2.33 bits per heavy atom. The van der Waals surface area contributed by atoms with Crippen molar-refractivity contribution < 1.29 is 14.0 Å². The number of halogens is 1. The van der Waals surface area contributed by atoms with Crippen LogP contribution >= 0.6 is 11.3 Å². The normalized spacial score (nSPS) is 16.6. The molecule has 2 aromatic carbocycles. The number of piperidine rings is 1. The third kappa shape index (κ3) is 4.28. The molecule has 3 heterocycles. The molecule has 1 aromatic heterocycles. The van der Waals surface area contributed by atoms with E-state index < -0.39 is 17.6 Å². The van der Waals surface area contributed by atoms with E-state index in [1.165, 1.54) is 36.7 Å². The van der Waals surface area contributed by atoms with Gasteiger partial charge in [0.15, 0.2) is 0 Å². The number of carbonyl (C=O) groups excluding carboxylic acids is 2. The summed E-state index contributed by atoms with van der Waals surface area (Å²) in [7, 11) is 0. The fraction of sp³-hybridized carbons (Fsp3) is 0.231.